The highest BCUT2D eigenvalue weighted by Gasteiger charge is 2.24. The minimum atomic E-state index is -0.485. The van der Waals surface area contributed by atoms with Crippen molar-refractivity contribution in [3.05, 3.63) is 41.5 Å². The summed E-state index contributed by atoms with van der Waals surface area (Å²) in [6, 6.07) is 8.09. The maximum absolute atomic E-state index is 12.2. The van der Waals surface area contributed by atoms with Crippen LogP contribution in [0, 0.1) is 0 Å². The summed E-state index contributed by atoms with van der Waals surface area (Å²) in [5.41, 5.74) is 3.00. The molecule has 0 bridgehead atoms. The third-order valence-corrected chi connectivity index (χ3v) is 4.05. The maximum Gasteiger partial charge on any atom is 0.410 e. The zero-order valence-electron chi connectivity index (χ0n) is 15.5. The summed E-state index contributed by atoms with van der Waals surface area (Å²) in [6.07, 6.45) is 3.58. The van der Waals surface area contributed by atoms with E-state index in [2.05, 4.69) is 12.1 Å². The Morgan fingerprint density at radius 1 is 1.20 bits per heavy atom. The van der Waals surface area contributed by atoms with Gasteiger partial charge in [0.05, 0.1) is 7.11 Å². The number of carbonyl (C=O) groups is 2. The first-order chi connectivity index (χ1) is 11.8. The van der Waals surface area contributed by atoms with Gasteiger partial charge in [-0.2, -0.15) is 0 Å². The third-order valence-electron chi connectivity index (χ3n) is 4.05. The third kappa shape index (κ3) is 5.62. The maximum atomic E-state index is 12.2. The second-order valence-corrected chi connectivity index (χ2v) is 7.14. The summed E-state index contributed by atoms with van der Waals surface area (Å²) in [7, 11) is 1.41. The molecule has 1 aromatic rings. The fraction of sp³-hybridized carbons (Fsp3) is 0.500. The van der Waals surface area contributed by atoms with Gasteiger partial charge in [-0.15, -0.1) is 0 Å². The molecule has 0 aromatic heterocycles. The van der Waals surface area contributed by atoms with Crippen LogP contribution in [-0.4, -0.2) is 42.8 Å². The number of benzene rings is 1. The molecule has 1 aromatic carbocycles. The summed E-state index contributed by atoms with van der Waals surface area (Å²) in [5.74, 6) is -0.205. The van der Waals surface area contributed by atoms with Crippen LogP contribution in [0.2, 0.25) is 0 Å². The predicted octanol–water partition coefficient (Wildman–Crippen LogP) is 3.82. The van der Waals surface area contributed by atoms with Gasteiger partial charge < -0.3 is 14.4 Å². The molecule has 1 heterocycles. The van der Waals surface area contributed by atoms with Crippen LogP contribution in [0.5, 0.6) is 0 Å². The zero-order chi connectivity index (χ0) is 18.4. The molecule has 0 atom stereocenters. The molecule has 0 spiro atoms. The largest absolute Gasteiger partial charge is 0.469 e. The molecule has 0 N–H and O–H groups in total. The van der Waals surface area contributed by atoms with Crippen LogP contribution in [0.3, 0.4) is 0 Å². The van der Waals surface area contributed by atoms with Crippen LogP contribution in [0.1, 0.15) is 44.7 Å². The summed E-state index contributed by atoms with van der Waals surface area (Å²) in [4.78, 5) is 25.3. The molecule has 0 aliphatic carbocycles. The van der Waals surface area contributed by atoms with Gasteiger partial charge in [0.15, 0.2) is 0 Å². The van der Waals surface area contributed by atoms with E-state index in [9.17, 15) is 9.59 Å². The Morgan fingerprint density at radius 3 is 2.52 bits per heavy atom. The van der Waals surface area contributed by atoms with Crippen LogP contribution in [0.25, 0.3) is 5.57 Å². The Labute approximate surface area is 149 Å². The molecule has 5 heteroatoms. The lowest BCUT2D eigenvalue weighted by molar-refractivity contribution is -0.140. The summed E-state index contributed by atoms with van der Waals surface area (Å²) >= 11 is 0. The van der Waals surface area contributed by atoms with Gasteiger partial charge in [-0.1, -0.05) is 30.3 Å². The Kier molecular flexibility index (Phi) is 6.23. The number of carbonyl (C=O) groups excluding carboxylic acids is 2. The molecular weight excluding hydrogens is 318 g/mol. The first-order valence-corrected chi connectivity index (χ1v) is 8.62. The van der Waals surface area contributed by atoms with Crippen molar-refractivity contribution in [1.29, 1.82) is 0 Å². The van der Waals surface area contributed by atoms with E-state index in [0.717, 1.165) is 17.5 Å². The summed E-state index contributed by atoms with van der Waals surface area (Å²) in [6.45, 7) is 6.77. The zero-order valence-corrected chi connectivity index (χ0v) is 15.5. The van der Waals surface area contributed by atoms with Gasteiger partial charge in [-0.05, 0) is 50.3 Å². The number of amides is 1. The fourth-order valence-electron chi connectivity index (χ4n) is 2.80. The lowest BCUT2D eigenvalue weighted by atomic mass is 9.93. The molecule has 2 rings (SSSR count). The van der Waals surface area contributed by atoms with E-state index >= 15 is 0 Å². The number of aryl methyl sites for hydroxylation is 1. The SMILES string of the molecule is COC(=O)CCc1ccccc1C1=CCN(C(=O)OC(C)(C)C)CC1. The fourth-order valence-corrected chi connectivity index (χ4v) is 2.80. The smallest absolute Gasteiger partial charge is 0.410 e. The van der Waals surface area contributed by atoms with E-state index < -0.39 is 5.60 Å². The van der Waals surface area contributed by atoms with Gasteiger partial charge in [-0.25, -0.2) is 4.79 Å². The van der Waals surface area contributed by atoms with E-state index in [4.69, 9.17) is 9.47 Å². The molecule has 1 aliphatic heterocycles. The number of ether oxygens (including phenoxy) is 2. The Bertz CT molecular complexity index is 658. The van der Waals surface area contributed by atoms with E-state index in [1.807, 2.05) is 39.0 Å². The molecule has 25 heavy (non-hydrogen) atoms. The number of esters is 1. The summed E-state index contributed by atoms with van der Waals surface area (Å²) < 4.78 is 10.2. The highest BCUT2D eigenvalue weighted by atomic mass is 16.6. The number of rotatable bonds is 4. The molecule has 1 aliphatic rings. The minimum Gasteiger partial charge on any atom is -0.469 e. The van der Waals surface area contributed by atoms with Crippen molar-refractivity contribution in [1.82, 2.24) is 4.90 Å². The van der Waals surface area contributed by atoms with Crippen LogP contribution in [0.15, 0.2) is 30.3 Å². The van der Waals surface area contributed by atoms with Crippen molar-refractivity contribution in [2.75, 3.05) is 20.2 Å². The number of hydrogen-bond donors (Lipinski definition) is 0. The standard InChI is InChI=1S/C20H27NO4/c1-20(2,3)25-19(23)21-13-11-16(12-14-21)17-8-6-5-7-15(17)9-10-18(22)24-4/h5-8,11H,9-10,12-14H2,1-4H3. The predicted molar refractivity (Wildman–Crippen MR) is 97.2 cm³/mol. The van der Waals surface area contributed by atoms with Crippen LogP contribution in [0.4, 0.5) is 4.79 Å². The van der Waals surface area contributed by atoms with Gasteiger partial charge in [-0.3, -0.25) is 4.79 Å². The molecule has 1 amide bonds. The second kappa shape index (κ2) is 8.19. The first-order valence-electron chi connectivity index (χ1n) is 8.62. The van der Waals surface area contributed by atoms with Crippen molar-refractivity contribution in [2.45, 2.75) is 45.6 Å². The number of hydrogen-bond acceptors (Lipinski definition) is 4. The van der Waals surface area contributed by atoms with Gasteiger partial charge in [0, 0.05) is 19.5 Å². The van der Waals surface area contributed by atoms with Crippen molar-refractivity contribution in [3.63, 3.8) is 0 Å². The van der Waals surface area contributed by atoms with Crippen LogP contribution in [-0.2, 0) is 20.7 Å². The molecule has 136 valence electrons. The number of methoxy groups -OCH3 is 1. The van der Waals surface area contributed by atoms with E-state index in [-0.39, 0.29) is 12.1 Å². The lowest BCUT2D eigenvalue weighted by Gasteiger charge is -2.30. The van der Waals surface area contributed by atoms with Crippen molar-refractivity contribution < 1.29 is 19.1 Å². The van der Waals surface area contributed by atoms with Gasteiger partial charge in [0.25, 0.3) is 0 Å². The molecule has 0 saturated carbocycles. The normalized spacial score (nSPS) is 14.7. The van der Waals surface area contributed by atoms with Crippen LogP contribution < -0.4 is 0 Å². The molecule has 0 unspecified atom stereocenters. The van der Waals surface area contributed by atoms with Crippen molar-refractivity contribution in [2.24, 2.45) is 0 Å². The van der Waals surface area contributed by atoms with E-state index in [1.165, 1.54) is 12.7 Å². The molecule has 0 radical (unpaired) electrons. The minimum absolute atomic E-state index is 0.205. The molecule has 0 fully saturated rings. The Balaban J connectivity index is 2.06. The Morgan fingerprint density at radius 2 is 1.92 bits per heavy atom. The average molecular weight is 345 g/mol. The second-order valence-electron chi connectivity index (χ2n) is 7.14. The topological polar surface area (TPSA) is 55.8 Å². The van der Waals surface area contributed by atoms with E-state index in [0.29, 0.717) is 25.9 Å². The van der Waals surface area contributed by atoms with Crippen LogP contribution >= 0.6 is 0 Å². The molecule has 0 saturated heterocycles. The van der Waals surface area contributed by atoms with Gasteiger partial charge in [0.2, 0.25) is 0 Å². The first kappa shape index (κ1) is 19.0. The van der Waals surface area contributed by atoms with E-state index in [1.54, 1.807) is 4.90 Å². The average Bonchev–Trinajstić information content (AvgIpc) is 2.58. The molecular formula is C20H27NO4. The quantitative estimate of drug-likeness (QED) is 0.779. The Hall–Kier alpha value is -2.30. The lowest BCUT2D eigenvalue weighted by Crippen LogP contribution is -2.39. The highest BCUT2D eigenvalue weighted by Crippen LogP contribution is 2.27. The highest BCUT2D eigenvalue weighted by molar-refractivity contribution is 5.74. The van der Waals surface area contributed by atoms with Gasteiger partial charge >= 0.3 is 12.1 Å². The number of nitrogens with zero attached hydrogens (tertiary/aromatic N) is 1. The summed E-state index contributed by atoms with van der Waals surface area (Å²) in [5, 5.41) is 0. The van der Waals surface area contributed by atoms with Crippen molar-refractivity contribution >= 4 is 17.6 Å². The van der Waals surface area contributed by atoms with Crippen molar-refractivity contribution in [3.8, 4) is 0 Å². The van der Waals surface area contributed by atoms with Gasteiger partial charge in [0.1, 0.15) is 5.60 Å². The molecule has 5 nitrogen and oxygen atoms in total. The monoisotopic (exact) mass is 345 g/mol.